The Hall–Kier alpha value is -1.80. The zero-order chi connectivity index (χ0) is 8.69. The van der Waals surface area contributed by atoms with Crippen LogP contribution in [0.3, 0.4) is 0 Å². The van der Waals surface area contributed by atoms with Crippen LogP contribution in [0.2, 0.25) is 0 Å². The van der Waals surface area contributed by atoms with Crippen LogP contribution in [-0.4, -0.2) is 10.9 Å². The van der Waals surface area contributed by atoms with E-state index in [4.69, 9.17) is 16.2 Å². The Morgan fingerprint density at radius 2 is 2.45 bits per heavy atom. The van der Waals surface area contributed by atoms with Crippen LogP contribution in [-0.2, 0) is 0 Å². The van der Waals surface area contributed by atoms with E-state index < -0.39 is 0 Å². The third-order valence-corrected chi connectivity index (χ3v) is 0.763. The third kappa shape index (κ3) is 3.72. The molecule has 0 heterocycles. The second-order valence-corrected chi connectivity index (χ2v) is 1.56. The zero-order valence-electron chi connectivity index (χ0n) is 5.78. The number of nitrogens with two attached hydrogens (primary N) is 1. The van der Waals surface area contributed by atoms with Gasteiger partial charge in [-0.25, -0.2) is 4.99 Å². The lowest BCUT2D eigenvalue weighted by molar-refractivity contribution is 0.214. The number of rotatable bonds is 3. The van der Waals surface area contributed by atoms with E-state index in [1.54, 1.807) is 11.5 Å². The zero-order valence-corrected chi connectivity index (χ0v) is 5.78. The summed E-state index contributed by atoms with van der Waals surface area (Å²) in [6.45, 7) is 3.31. The van der Waals surface area contributed by atoms with Crippen LogP contribution < -0.4 is 11.2 Å². The molecule has 0 atom stereocenters. The highest BCUT2D eigenvalue weighted by Crippen LogP contribution is 1.85. The maximum Gasteiger partial charge on any atom is 0.162 e. The van der Waals surface area contributed by atoms with Gasteiger partial charge in [-0.2, -0.15) is 5.26 Å². The Labute approximate surface area is 64.1 Å². The van der Waals surface area contributed by atoms with E-state index in [2.05, 4.69) is 11.6 Å². The minimum absolute atomic E-state index is 0.0245. The molecule has 0 aliphatic rings. The van der Waals surface area contributed by atoms with Crippen molar-refractivity contribution in [2.75, 3.05) is 0 Å². The predicted octanol–water partition coefficient (Wildman–Crippen LogP) is -0.127. The van der Waals surface area contributed by atoms with E-state index in [1.165, 1.54) is 6.20 Å². The van der Waals surface area contributed by atoms with Gasteiger partial charge in [0.2, 0.25) is 0 Å². The molecule has 0 aromatic rings. The fourth-order valence-electron chi connectivity index (χ4n) is 0.329. The maximum absolute atomic E-state index is 8.36. The van der Waals surface area contributed by atoms with Gasteiger partial charge in [0.05, 0.1) is 5.70 Å². The second kappa shape index (κ2) is 5.02. The quantitative estimate of drug-likeness (QED) is 0.388. The standard InChI is InChI=1S/C6H8N4O/c1-5(8)6(4-7)9-2-3-10-11/h2-3,10-11H,1,8H2/b3-2-,9-6?. The van der Waals surface area contributed by atoms with Crippen molar-refractivity contribution >= 4 is 5.71 Å². The van der Waals surface area contributed by atoms with Crippen LogP contribution >= 0.6 is 0 Å². The molecule has 0 aliphatic carbocycles. The molecular formula is C6H8N4O. The molecule has 0 bridgehead atoms. The number of nitrogens with one attached hydrogen (secondary N) is 1. The second-order valence-electron chi connectivity index (χ2n) is 1.56. The largest absolute Gasteiger partial charge is 0.397 e. The smallest absolute Gasteiger partial charge is 0.162 e. The van der Waals surface area contributed by atoms with Gasteiger partial charge in [0, 0.05) is 12.4 Å². The average Bonchev–Trinajstić information content (AvgIpc) is 1.97. The summed E-state index contributed by atoms with van der Waals surface area (Å²) < 4.78 is 0. The molecule has 0 aromatic heterocycles. The lowest BCUT2D eigenvalue weighted by Gasteiger charge is -1.90. The number of hydrogen-bond acceptors (Lipinski definition) is 5. The van der Waals surface area contributed by atoms with Crippen molar-refractivity contribution in [3.63, 3.8) is 0 Å². The molecular weight excluding hydrogens is 144 g/mol. The van der Waals surface area contributed by atoms with Crippen LogP contribution in [0.25, 0.3) is 0 Å². The summed E-state index contributed by atoms with van der Waals surface area (Å²) in [5.41, 5.74) is 7.00. The highest BCUT2D eigenvalue weighted by Gasteiger charge is 1.94. The van der Waals surface area contributed by atoms with Crippen molar-refractivity contribution in [2.45, 2.75) is 0 Å². The first-order valence-corrected chi connectivity index (χ1v) is 2.69. The van der Waals surface area contributed by atoms with Gasteiger partial charge >= 0.3 is 0 Å². The van der Waals surface area contributed by atoms with E-state index in [0.29, 0.717) is 0 Å². The highest BCUT2D eigenvalue weighted by atomic mass is 16.5. The maximum atomic E-state index is 8.36. The lowest BCUT2D eigenvalue weighted by Crippen LogP contribution is -2.06. The van der Waals surface area contributed by atoms with Gasteiger partial charge in [-0.3, -0.25) is 10.7 Å². The van der Waals surface area contributed by atoms with Crippen LogP contribution in [0.1, 0.15) is 0 Å². The van der Waals surface area contributed by atoms with Crippen LogP contribution in [0.15, 0.2) is 29.7 Å². The fourth-order valence-corrected chi connectivity index (χ4v) is 0.329. The van der Waals surface area contributed by atoms with Crippen LogP contribution in [0.4, 0.5) is 0 Å². The van der Waals surface area contributed by atoms with Gasteiger partial charge in [-0.15, -0.1) is 0 Å². The molecule has 0 aliphatic heterocycles. The molecule has 0 amide bonds. The number of nitrogens with zero attached hydrogens (tertiary/aromatic N) is 2. The number of nitriles is 1. The van der Waals surface area contributed by atoms with Gasteiger partial charge in [0.15, 0.2) is 5.71 Å². The summed E-state index contributed by atoms with van der Waals surface area (Å²) >= 11 is 0. The van der Waals surface area contributed by atoms with E-state index in [9.17, 15) is 0 Å². The third-order valence-electron chi connectivity index (χ3n) is 0.763. The molecule has 5 heteroatoms. The minimum atomic E-state index is 0.0245. The Morgan fingerprint density at radius 3 is 2.82 bits per heavy atom. The summed E-state index contributed by atoms with van der Waals surface area (Å²) in [5, 5.41) is 16.4. The Kier molecular flexibility index (Phi) is 4.20. The Bertz CT molecular complexity index is 235. The molecule has 4 N–H and O–H groups in total. The number of hydrogen-bond donors (Lipinski definition) is 3. The van der Waals surface area contributed by atoms with Gasteiger partial charge in [-0.05, 0) is 0 Å². The summed E-state index contributed by atoms with van der Waals surface area (Å²) in [5.74, 6) is 0. The highest BCUT2D eigenvalue weighted by molar-refractivity contribution is 6.10. The molecule has 0 saturated carbocycles. The number of hydroxylamine groups is 1. The lowest BCUT2D eigenvalue weighted by atomic mass is 10.3. The average molecular weight is 152 g/mol. The molecule has 0 aromatic carbocycles. The number of allylic oxidation sites excluding steroid dienone is 1. The van der Waals surface area contributed by atoms with Crippen LogP contribution in [0, 0.1) is 11.3 Å². The van der Waals surface area contributed by atoms with Crippen molar-refractivity contribution < 1.29 is 5.21 Å². The van der Waals surface area contributed by atoms with Crippen molar-refractivity contribution in [2.24, 2.45) is 10.7 Å². The summed E-state index contributed by atoms with van der Waals surface area (Å²) in [6, 6.07) is 1.73. The first-order chi connectivity index (χ1) is 5.22. The molecule has 58 valence electrons. The molecule has 5 nitrogen and oxygen atoms in total. The molecule has 0 radical (unpaired) electrons. The molecule has 11 heavy (non-hydrogen) atoms. The van der Waals surface area contributed by atoms with Crippen molar-refractivity contribution in [3.05, 3.63) is 24.7 Å². The van der Waals surface area contributed by atoms with Gasteiger partial charge < -0.3 is 5.73 Å². The topological polar surface area (TPSA) is 94.4 Å². The monoisotopic (exact) mass is 152 g/mol. The first kappa shape index (κ1) is 9.20. The minimum Gasteiger partial charge on any atom is -0.397 e. The molecule has 0 rings (SSSR count). The number of aliphatic imine (C=N–C) groups is 1. The van der Waals surface area contributed by atoms with E-state index in [-0.39, 0.29) is 11.4 Å². The van der Waals surface area contributed by atoms with E-state index >= 15 is 0 Å². The van der Waals surface area contributed by atoms with Gasteiger partial charge in [-0.1, -0.05) is 6.58 Å². The summed E-state index contributed by atoms with van der Waals surface area (Å²) in [6.07, 6.45) is 2.33. The molecule has 0 fully saturated rings. The first-order valence-electron chi connectivity index (χ1n) is 2.69. The van der Waals surface area contributed by atoms with Crippen molar-refractivity contribution in [3.8, 4) is 6.07 Å². The molecule has 0 saturated heterocycles. The normalized spacial score (nSPS) is 11.1. The SMILES string of the molecule is C=C(N)C(C#N)=N/C=C\NO. The van der Waals surface area contributed by atoms with Gasteiger partial charge in [0.1, 0.15) is 6.07 Å². The van der Waals surface area contributed by atoms with Crippen LogP contribution in [0.5, 0.6) is 0 Å². The Morgan fingerprint density at radius 1 is 1.82 bits per heavy atom. The van der Waals surface area contributed by atoms with Gasteiger partial charge in [0.25, 0.3) is 0 Å². The molecule has 0 spiro atoms. The summed E-state index contributed by atoms with van der Waals surface area (Å²) in [7, 11) is 0. The van der Waals surface area contributed by atoms with Crippen molar-refractivity contribution in [1.29, 1.82) is 5.26 Å². The van der Waals surface area contributed by atoms with E-state index in [1.807, 2.05) is 0 Å². The predicted molar refractivity (Wildman–Crippen MR) is 40.4 cm³/mol. The molecule has 0 unspecified atom stereocenters. The Balaban J connectivity index is 4.28. The summed E-state index contributed by atoms with van der Waals surface area (Å²) in [4.78, 5) is 3.56. The fraction of sp³-hybridized carbons (Fsp3) is 0. The van der Waals surface area contributed by atoms with Crippen molar-refractivity contribution in [1.82, 2.24) is 5.48 Å². The van der Waals surface area contributed by atoms with E-state index in [0.717, 1.165) is 6.20 Å².